The first-order valence-electron chi connectivity index (χ1n) is 5.22. The summed E-state index contributed by atoms with van der Waals surface area (Å²) in [5, 5.41) is 13.0. The number of H-pyrrole nitrogens is 1. The Hall–Kier alpha value is -1.83. The van der Waals surface area contributed by atoms with Gasteiger partial charge in [-0.25, -0.2) is 0 Å². The number of anilines is 1. The van der Waals surface area contributed by atoms with Gasteiger partial charge in [0.25, 0.3) is 5.91 Å². The molecule has 8 heteroatoms. The van der Waals surface area contributed by atoms with E-state index < -0.39 is 0 Å². The van der Waals surface area contributed by atoms with Gasteiger partial charge in [0.05, 0.1) is 5.69 Å². The van der Waals surface area contributed by atoms with E-state index in [9.17, 15) is 4.79 Å². The van der Waals surface area contributed by atoms with Crippen LogP contribution in [0.5, 0.6) is 0 Å². The molecule has 2 rings (SSSR count). The first-order valence-corrected chi connectivity index (χ1v) is 5.99. The SMILES string of the molecule is CCCc1nnsc1C(=O)Nc1n[nH]c(C)n1. The highest BCUT2D eigenvalue weighted by atomic mass is 32.1. The zero-order valence-electron chi connectivity index (χ0n) is 9.52. The number of carbonyl (C=O) groups excluding carboxylic acids is 1. The van der Waals surface area contributed by atoms with Gasteiger partial charge in [0.2, 0.25) is 5.95 Å². The normalized spacial score (nSPS) is 10.5. The molecule has 2 aromatic rings. The average molecular weight is 252 g/mol. The molecule has 0 aliphatic heterocycles. The van der Waals surface area contributed by atoms with Crippen molar-refractivity contribution in [3.63, 3.8) is 0 Å². The number of nitrogens with one attached hydrogen (secondary N) is 2. The van der Waals surface area contributed by atoms with Crippen molar-refractivity contribution in [1.29, 1.82) is 0 Å². The predicted octanol–water partition coefficient (Wildman–Crippen LogP) is 1.17. The second kappa shape index (κ2) is 5.00. The minimum atomic E-state index is -0.262. The maximum absolute atomic E-state index is 11.9. The summed E-state index contributed by atoms with van der Waals surface area (Å²) in [6.07, 6.45) is 1.66. The van der Waals surface area contributed by atoms with Crippen LogP contribution in [0.25, 0.3) is 0 Å². The van der Waals surface area contributed by atoms with Crippen molar-refractivity contribution in [2.75, 3.05) is 5.32 Å². The summed E-state index contributed by atoms with van der Waals surface area (Å²) in [5.74, 6) is 0.655. The van der Waals surface area contributed by atoms with Crippen molar-refractivity contribution >= 4 is 23.4 Å². The van der Waals surface area contributed by atoms with Gasteiger partial charge < -0.3 is 0 Å². The Morgan fingerprint density at radius 1 is 1.53 bits per heavy atom. The molecule has 0 spiro atoms. The second-order valence-electron chi connectivity index (χ2n) is 3.50. The predicted molar refractivity (Wildman–Crippen MR) is 63.0 cm³/mol. The van der Waals surface area contributed by atoms with Gasteiger partial charge >= 0.3 is 0 Å². The maximum atomic E-state index is 11.9. The van der Waals surface area contributed by atoms with E-state index in [4.69, 9.17) is 0 Å². The monoisotopic (exact) mass is 252 g/mol. The van der Waals surface area contributed by atoms with Crippen LogP contribution in [0.15, 0.2) is 0 Å². The number of amides is 1. The number of carbonyl (C=O) groups is 1. The highest BCUT2D eigenvalue weighted by molar-refractivity contribution is 7.08. The summed E-state index contributed by atoms with van der Waals surface area (Å²) in [6, 6.07) is 0. The van der Waals surface area contributed by atoms with Crippen LogP contribution in [-0.4, -0.2) is 30.7 Å². The first kappa shape index (κ1) is 11.6. The van der Waals surface area contributed by atoms with Crippen LogP contribution in [0.3, 0.4) is 0 Å². The molecular weight excluding hydrogens is 240 g/mol. The van der Waals surface area contributed by atoms with Gasteiger partial charge in [0.15, 0.2) is 0 Å². The van der Waals surface area contributed by atoms with E-state index in [1.54, 1.807) is 6.92 Å². The largest absolute Gasteiger partial charge is 0.288 e. The molecule has 0 radical (unpaired) electrons. The number of nitrogens with zero attached hydrogens (tertiary/aromatic N) is 4. The van der Waals surface area contributed by atoms with Gasteiger partial charge in [-0.15, -0.1) is 10.2 Å². The third-order valence-electron chi connectivity index (χ3n) is 2.07. The number of rotatable bonds is 4. The van der Waals surface area contributed by atoms with Gasteiger partial charge in [-0.05, 0) is 24.9 Å². The van der Waals surface area contributed by atoms with Gasteiger partial charge in [-0.2, -0.15) is 4.98 Å². The molecule has 0 aromatic carbocycles. The molecule has 0 aliphatic rings. The fourth-order valence-corrected chi connectivity index (χ4v) is 1.94. The molecule has 2 N–H and O–H groups in total. The topological polar surface area (TPSA) is 96.5 Å². The van der Waals surface area contributed by atoms with E-state index in [-0.39, 0.29) is 11.9 Å². The lowest BCUT2D eigenvalue weighted by molar-refractivity contribution is 0.102. The molecule has 0 fully saturated rings. The Labute approximate surface area is 102 Å². The van der Waals surface area contributed by atoms with Crippen molar-refractivity contribution in [1.82, 2.24) is 24.8 Å². The summed E-state index contributed by atoms with van der Waals surface area (Å²) >= 11 is 1.08. The van der Waals surface area contributed by atoms with Gasteiger partial charge in [0.1, 0.15) is 10.7 Å². The molecule has 0 bridgehead atoms. The van der Waals surface area contributed by atoms with Crippen molar-refractivity contribution in [2.45, 2.75) is 26.7 Å². The fourth-order valence-electron chi connectivity index (χ4n) is 1.34. The Balaban J connectivity index is 2.11. The smallest absolute Gasteiger partial charge is 0.271 e. The molecule has 0 unspecified atom stereocenters. The van der Waals surface area contributed by atoms with Crippen molar-refractivity contribution < 1.29 is 4.79 Å². The number of hydrogen-bond donors (Lipinski definition) is 2. The first-order chi connectivity index (χ1) is 8.20. The van der Waals surface area contributed by atoms with Crippen molar-refractivity contribution in [2.24, 2.45) is 0 Å². The third kappa shape index (κ3) is 2.64. The molecule has 0 atom stereocenters. The molecule has 1 amide bonds. The fraction of sp³-hybridized carbons (Fsp3) is 0.444. The van der Waals surface area contributed by atoms with Crippen LogP contribution in [0.2, 0.25) is 0 Å². The second-order valence-corrected chi connectivity index (χ2v) is 4.25. The Morgan fingerprint density at radius 3 is 3.00 bits per heavy atom. The van der Waals surface area contributed by atoms with Crippen LogP contribution in [0, 0.1) is 6.92 Å². The summed E-state index contributed by atoms with van der Waals surface area (Å²) in [7, 11) is 0. The summed E-state index contributed by atoms with van der Waals surface area (Å²) in [5.41, 5.74) is 0.724. The molecular formula is C9H12N6OS. The van der Waals surface area contributed by atoms with Crippen LogP contribution in [0.1, 0.15) is 34.5 Å². The quantitative estimate of drug-likeness (QED) is 0.851. The standard InChI is InChI=1S/C9H12N6OS/c1-3-4-6-7(17-15-13-6)8(16)11-9-10-5(2)12-14-9/h3-4H2,1-2H3,(H2,10,11,12,14,16). The minimum absolute atomic E-state index is 0.262. The van der Waals surface area contributed by atoms with E-state index >= 15 is 0 Å². The Morgan fingerprint density at radius 2 is 2.35 bits per heavy atom. The molecule has 7 nitrogen and oxygen atoms in total. The van der Waals surface area contributed by atoms with Crippen molar-refractivity contribution in [3.05, 3.63) is 16.4 Å². The minimum Gasteiger partial charge on any atom is -0.288 e. The molecule has 2 aromatic heterocycles. The van der Waals surface area contributed by atoms with Gasteiger partial charge in [0, 0.05) is 0 Å². The van der Waals surface area contributed by atoms with E-state index in [0.717, 1.165) is 30.1 Å². The lowest BCUT2D eigenvalue weighted by Gasteiger charge is -1.99. The Kier molecular flexibility index (Phi) is 3.43. The summed E-state index contributed by atoms with van der Waals surface area (Å²) in [4.78, 5) is 16.4. The maximum Gasteiger partial charge on any atom is 0.271 e. The number of hydrogen-bond acceptors (Lipinski definition) is 6. The zero-order valence-corrected chi connectivity index (χ0v) is 10.3. The lowest BCUT2D eigenvalue weighted by atomic mass is 10.2. The van der Waals surface area contributed by atoms with E-state index in [0.29, 0.717) is 10.7 Å². The van der Waals surface area contributed by atoms with E-state index in [2.05, 4.69) is 30.1 Å². The van der Waals surface area contributed by atoms with E-state index in [1.165, 1.54) is 0 Å². The molecule has 0 aliphatic carbocycles. The molecule has 2 heterocycles. The van der Waals surface area contributed by atoms with Gasteiger partial charge in [-0.1, -0.05) is 17.8 Å². The van der Waals surface area contributed by atoms with Crippen LogP contribution in [0.4, 0.5) is 5.95 Å². The van der Waals surface area contributed by atoms with E-state index in [1.807, 2.05) is 6.92 Å². The number of aromatic amines is 1. The zero-order chi connectivity index (χ0) is 12.3. The van der Waals surface area contributed by atoms with Crippen molar-refractivity contribution in [3.8, 4) is 0 Å². The molecule has 90 valence electrons. The van der Waals surface area contributed by atoms with Crippen LogP contribution >= 0.6 is 11.5 Å². The van der Waals surface area contributed by atoms with Crippen LogP contribution < -0.4 is 5.32 Å². The highest BCUT2D eigenvalue weighted by Gasteiger charge is 2.16. The van der Waals surface area contributed by atoms with Gasteiger partial charge in [-0.3, -0.25) is 15.2 Å². The summed E-state index contributed by atoms with van der Waals surface area (Å²) in [6.45, 7) is 3.79. The average Bonchev–Trinajstić information content (AvgIpc) is 2.88. The summed E-state index contributed by atoms with van der Waals surface area (Å²) < 4.78 is 3.79. The Bertz CT molecular complexity index is 519. The lowest BCUT2D eigenvalue weighted by Crippen LogP contribution is -2.13. The highest BCUT2D eigenvalue weighted by Crippen LogP contribution is 2.14. The van der Waals surface area contributed by atoms with Crippen LogP contribution in [-0.2, 0) is 6.42 Å². The molecule has 0 saturated heterocycles. The molecule has 17 heavy (non-hydrogen) atoms. The number of aromatic nitrogens is 5. The third-order valence-corrected chi connectivity index (χ3v) is 2.84. The number of aryl methyl sites for hydroxylation is 2. The molecule has 0 saturated carbocycles.